The summed E-state index contributed by atoms with van der Waals surface area (Å²) in [6.07, 6.45) is -0.723. The van der Waals surface area contributed by atoms with Gasteiger partial charge in [0.1, 0.15) is 35.8 Å². The van der Waals surface area contributed by atoms with Gasteiger partial charge >= 0.3 is 0 Å². The number of sulfonamides is 1. The van der Waals surface area contributed by atoms with Gasteiger partial charge in [0.05, 0.1) is 11.4 Å². The molecule has 0 aliphatic carbocycles. The number of rotatable bonds is 12. The fraction of sp³-hybridized carbons (Fsp3) is 0.407. The van der Waals surface area contributed by atoms with Crippen LogP contribution in [0.15, 0.2) is 53.4 Å². The molecule has 1 saturated heterocycles. The minimum absolute atomic E-state index is 0.0450. The molecule has 13 heteroatoms. The van der Waals surface area contributed by atoms with E-state index < -0.39 is 34.1 Å². The molecule has 0 saturated carbocycles. The Morgan fingerprint density at radius 3 is 2.52 bits per heavy atom. The normalized spacial score (nSPS) is 18.2. The van der Waals surface area contributed by atoms with Gasteiger partial charge in [-0.25, -0.2) is 17.5 Å². The first-order valence-electron chi connectivity index (χ1n) is 12.7. The highest BCUT2D eigenvalue weighted by atomic mass is 35.5. The Bertz CT molecular complexity index is 1430. The van der Waals surface area contributed by atoms with Crippen LogP contribution in [0.3, 0.4) is 0 Å². The molecule has 3 N–H and O–H groups in total. The largest absolute Gasteiger partial charge is 0.352 e. The fourth-order valence-electron chi connectivity index (χ4n) is 4.33. The van der Waals surface area contributed by atoms with E-state index in [1.165, 1.54) is 0 Å². The van der Waals surface area contributed by atoms with Gasteiger partial charge < -0.3 is 20.1 Å². The summed E-state index contributed by atoms with van der Waals surface area (Å²) in [6.45, 7) is 3.73. The maximum absolute atomic E-state index is 13.3. The van der Waals surface area contributed by atoms with Crippen molar-refractivity contribution in [2.24, 2.45) is 5.92 Å². The van der Waals surface area contributed by atoms with Crippen LogP contribution in [0.25, 0.3) is 10.1 Å². The van der Waals surface area contributed by atoms with Gasteiger partial charge in [0.15, 0.2) is 0 Å². The Labute approximate surface area is 241 Å². The molecule has 1 aromatic heterocycles. The van der Waals surface area contributed by atoms with Crippen molar-refractivity contribution in [3.63, 3.8) is 0 Å². The Morgan fingerprint density at radius 1 is 1.10 bits per heavy atom. The summed E-state index contributed by atoms with van der Waals surface area (Å²) >= 11 is 7.44. The first kappa shape index (κ1) is 30.4. The van der Waals surface area contributed by atoms with Gasteiger partial charge in [-0.15, -0.1) is 11.3 Å². The van der Waals surface area contributed by atoms with E-state index in [0.717, 1.165) is 33.2 Å². The molecule has 2 amide bonds. The molecule has 0 unspecified atom stereocenters. The smallest absolute Gasteiger partial charge is 0.242 e. The van der Waals surface area contributed by atoms with E-state index in [9.17, 15) is 22.4 Å². The molecule has 0 radical (unpaired) electrons. The monoisotopic (exact) mass is 611 g/mol. The molecular weight excluding hydrogens is 581 g/mol. The summed E-state index contributed by atoms with van der Waals surface area (Å²) in [4.78, 5) is 26.5. The second kappa shape index (κ2) is 13.4. The lowest BCUT2D eigenvalue weighted by atomic mass is 10.0. The Hall–Kier alpha value is -2.61. The number of ether oxygens (including phenoxy) is 2. The number of halogens is 2. The number of carbonyl (C=O) groups is 2. The zero-order chi connectivity index (χ0) is 28.9. The molecule has 216 valence electrons. The molecule has 4 rings (SSSR count). The van der Waals surface area contributed by atoms with Crippen LogP contribution in [0.4, 0.5) is 4.39 Å². The van der Waals surface area contributed by atoms with Crippen molar-refractivity contribution in [1.29, 1.82) is 0 Å². The lowest BCUT2D eigenvalue weighted by Crippen LogP contribution is -2.50. The molecule has 2 aromatic carbocycles. The number of amides is 2. The minimum Gasteiger partial charge on any atom is -0.352 e. The molecule has 1 fully saturated rings. The van der Waals surface area contributed by atoms with Crippen molar-refractivity contribution < 1.29 is 31.9 Å². The van der Waals surface area contributed by atoms with Crippen LogP contribution in [0.2, 0.25) is 5.02 Å². The number of thiophene rings is 1. The quantitative estimate of drug-likeness (QED) is 0.288. The van der Waals surface area contributed by atoms with Gasteiger partial charge in [0.25, 0.3) is 0 Å². The van der Waals surface area contributed by atoms with Crippen LogP contribution in [0.1, 0.15) is 25.1 Å². The van der Waals surface area contributed by atoms with Crippen LogP contribution >= 0.6 is 22.9 Å². The van der Waals surface area contributed by atoms with Crippen molar-refractivity contribution in [3.8, 4) is 0 Å². The first-order chi connectivity index (χ1) is 19.0. The average molecular weight is 612 g/mol. The van der Waals surface area contributed by atoms with Gasteiger partial charge in [0.2, 0.25) is 21.8 Å². The third-order valence-electron chi connectivity index (χ3n) is 6.28. The van der Waals surface area contributed by atoms with Crippen LogP contribution in [-0.2, 0) is 35.5 Å². The lowest BCUT2D eigenvalue weighted by Gasteiger charge is -2.22. The molecule has 9 nitrogen and oxygen atoms in total. The Morgan fingerprint density at radius 2 is 1.82 bits per heavy atom. The summed E-state index contributed by atoms with van der Waals surface area (Å²) in [7, 11) is -4.04. The minimum atomic E-state index is -4.04. The van der Waals surface area contributed by atoms with E-state index in [1.807, 2.05) is 44.2 Å². The topological polar surface area (TPSA) is 123 Å². The maximum Gasteiger partial charge on any atom is 0.242 e. The van der Waals surface area contributed by atoms with Crippen molar-refractivity contribution in [1.82, 2.24) is 15.4 Å². The van der Waals surface area contributed by atoms with Crippen molar-refractivity contribution in [3.05, 3.63) is 64.2 Å². The van der Waals surface area contributed by atoms with Gasteiger partial charge in [-0.1, -0.05) is 43.6 Å². The van der Waals surface area contributed by atoms with Gasteiger partial charge in [-0.3, -0.25) is 9.59 Å². The summed E-state index contributed by atoms with van der Waals surface area (Å²) in [5.74, 6) is -1.13. The van der Waals surface area contributed by atoms with Gasteiger partial charge in [-0.05, 0) is 48.1 Å². The summed E-state index contributed by atoms with van der Waals surface area (Å²) in [5.41, 5.74) is 0. The number of hydrogen-bond donors (Lipinski definition) is 3. The highest BCUT2D eigenvalue weighted by Crippen LogP contribution is 2.26. The SMILES string of the molecule is CC(C)C[C@H](NC(=O)Cc1cc2ccccc2s1)C(=O)NC[C@H]1OCO[C@@H]1CNS(=O)(=O)c1ccc(F)cc1Cl. The number of fused-ring (bicyclic) bond motifs is 1. The predicted octanol–water partition coefficient (Wildman–Crippen LogP) is 3.60. The molecule has 0 spiro atoms. The molecule has 3 aromatic rings. The lowest BCUT2D eigenvalue weighted by molar-refractivity contribution is -0.129. The molecule has 1 aliphatic heterocycles. The van der Waals surface area contributed by atoms with Crippen LogP contribution in [-0.4, -0.2) is 58.4 Å². The summed E-state index contributed by atoms with van der Waals surface area (Å²) < 4.78 is 53.1. The maximum atomic E-state index is 13.3. The van der Waals surface area contributed by atoms with Gasteiger partial charge in [-0.2, -0.15) is 0 Å². The van der Waals surface area contributed by atoms with E-state index in [1.54, 1.807) is 11.3 Å². The highest BCUT2D eigenvalue weighted by molar-refractivity contribution is 7.89. The van der Waals surface area contributed by atoms with E-state index in [4.69, 9.17) is 21.1 Å². The van der Waals surface area contributed by atoms with Crippen LogP contribution in [0, 0.1) is 11.7 Å². The molecule has 1 aliphatic rings. The van der Waals surface area contributed by atoms with Crippen LogP contribution < -0.4 is 15.4 Å². The molecular formula is C27H31ClFN3O6S2. The summed E-state index contributed by atoms with van der Waals surface area (Å²) in [6, 6.07) is 12.1. The number of hydrogen-bond acceptors (Lipinski definition) is 7. The van der Waals surface area contributed by atoms with E-state index in [0.29, 0.717) is 6.42 Å². The third-order valence-corrected chi connectivity index (χ3v) is 9.31. The van der Waals surface area contributed by atoms with Crippen molar-refractivity contribution in [2.75, 3.05) is 19.9 Å². The second-order valence-electron chi connectivity index (χ2n) is 9.88. The Kier molecular flexibility index (Phi) is 10.1. The number of carbonyl (C=O) groups excluding carboxylic acids is 2. The summed E-state index contributed by atoms with van der Waals surface area (Å²) in [5, 5.41) is 6.48. The molecule has 3 atom stereocenters. The number of benzene rings is 2. The van der Waals surface area contributed by atoms with Crippen molar-refractivity contribution >= 4 is 54.9 Å². The Balaban J connectivity index is 1.31. The second-order valence-corrected chi connectivity index (χ2v) is 13.2. The standard InChI is InChI=1S/C27H31ClFN3O6S2/c1-16(2)9-21(32-26(33)12-19-10-17-5-3-4-6-24(17)39-19)27(34)30-13-22-23(38-15-37-22)14-31-40(35,36)25-8-7-18(29)11-20(25)28/h3-8,10-11,16,21-23,31H,9,12-15H2,1-2H3,(H,30,34)(H,32,33)/t21-,22+,23+/m0/s1. The molecule has 0 bridgehead atoms. The highest BCUT2D eigenvalue weighted by Gasteiger charge is 2.32. The first-order valence-corrected chi connectivity index (χ1v) is 15.4. The molecule has 40 heavy (non-hydrogen) atoms. The van der Waals surface area contributed by atoms with E-state index in [-0.39, 0.29) is 54.0 Å². The third kappa shape index (κ3) is 7.99. The fourth-order valence-corrected chi connectivity index (χ4v) is 6.96. The zero-order valence-electron chi connectivity index (χ0n) is 22.0. The van der Waals surface area contributed by atoms with Crippen molar-refractivity contribution in [2.45, 2.75) is 49.8 Å². The van der Waals surface area contributed by atoms with Gasteiger partial charge in [0, 0.05) is 22.7 Å². The van der Waals surface area contributed by atoms with E-state index in [2.05, 4.69) is 15.4 Å². The van der Waals surface area contributed by atoms with Crippen LogP contribution in [0.5, 0.6) is 0 Å². The zero-order valence-corrected chi connectivity index (χ0v) is 24.4. The molecule has 2 heterocycles. The average Bonchev–Trinajstić information content (AvgIpc) is 3.51. The number of nitrogens with one attached hydrogen (secondary N) is 3. The van der Waals surface area contributed by atoms with E-state index >= 15 is 0 Å². The predicted molar refractivity (Wildman–Crippen MR) is 151 cm³/mol.